The molecule has 0 unspecified atom stereocenters. The lowest BCUT2D eigenvalue weighted by atomic mass is 9.89. The van der Waals surface area contributed by atoms with Crippen LogP contribution in [0.3, 0.4) is 0 Å². The summed E-state index contributed by atoms with van der Waals surface area (Å²) in [7, 11) is 0. The number of unbranched alkanes of at least 4 members (excludes halogenated alkanes) is 6. The van der Waals surface area contributed by atoms with E-state index in [-0.39, 0.29) is 17.5 Å². The average Bonchev–Trinajstić information content (AvgIpc) is 3.12. The fraction of sp³-hybridized carbons (Fsp3) is 0.364. The van der Waals surface area contributed by atoms with Crippen molar-refractivity contribution in [3.63, 3.8) is 0 Å². The lowest BCUT2D eigenvalue weighted by Crippen LogP contribution is -2.11. The van der Waals surface area contributed by atoms with Gasteiger partial charge >= 0.3 is 5.97 Å². The third-order valence-corrected chi connectivity index (χ3v) is 9.66. The van der Waals surface area contributed by atoms with E-state index in [1.54, 1.807) is 13.0 Å². The zero-order chi connectivity index (χ0) is 36.5. The van der Waals surface area contributed by atoms with E-state index in [2.05, 4.69) is 55.4 Å². The molecule has 7 nitrogen and oxygen atoms in total. The molecule has 5 rings (SSSR count). The molecule has 7 heteroatoms. The molecule has 0 saturated carbocycles. The maximum atomic E-state index is 13.6. The second kappa shape index (κ2) is 17.3. The van der Waals surface area contributed by atoms with Crippen molar-refractivity contribution in [2.24, 2.45) is 4.99 Å². The van der Waals surface area contributed by atoms with Crippen LogP contribution in [0.1, 0.15) is 97.0 Å². The van der Waals surface area contributed by atoms with Gasteiger partial charge in [0.2, 0.25) is 0 Å². The van der Waals surface area contributed by atoms with Gasteiger partial charge in [-0.05, 0) is 113 Å². The van der Waals surface area contributed by atoms with Crippen molar-refractivity contribution < 1.29 is 24.2 Å². The summed E-state index contributed by atoms with van der Waals surface area (Å²) in [6.45, 7) is 13.7. The molecule has 3 aromatic rings. The number of carbonyl (C=O) groups excluding carboxylic acids is 1. The molecule has 3 N–H and O–H groups in total. The highest BCUT2D eigenvalue weighted by molar-refractivity contribution is 6.08. The van der Waals surface area contributed by atoms with Crippen LogP contribution in [0.25, 0.3) is 39.5 Å². The monoisotopic (exact) mass is 688 g/mol. The highest BCUT2D eigenvalue weighted by Gasteiger charge is 2.23. The van der Waals surface area contributed by atoms with Gasteiger partial charge in [0.1, 0.15) is 22.8 Å². The van der Waals surface area contributed by atoms with Gasteiger partial charge in [-0.25, -0.2) is 4.79 Å². The number of nitrogens with zero attached hydrogens (tertiary/aromatic N) is 1. The van der Waals surface area contributed by atoms with Gasteiger partial charge in [-0.15, -0.1) is 0 Å². The third-order valence-electron chi connectivity index (χ3n) is 9.66. The first-order chi connectivity index (χ1) is 24.6. The molecule has 0 amide bonds. The predicted octanol–water partition coefficient (Wildman–Crippen LogP) is 10.8. The molecule has 0 radical (unpaired) electrons. The third kappa shape index (κ3) is 8.65. The second-order valence-electron chi connectivity index (χ2n) is 13.4. The molecule has 51 heavy (non-hydrogen) atoms. The fourth-order valence-electron chi connectivity index (χ4n) is 6.64. The number of fused-ring (bicyclic) bond motifs is 2. The Hall–Kier alpha value is -5.04. The zero-order valence-electron chi connectivity index (χ0n) is 31.0. The Morgan fingerprint density at radius 3 is 2.37 bits per heavy atom. The number of carbonyl (C=O) groups is 1. The Balaban J connectivity index is 1.22. The van der Waals surface area contributed by atoms with E-state index in [9.17, 15) is 15.0 Å². The summed E-state index contributed by atoms with van der Waals surface area (Å²) in [5, 5.41) is 25.7. The SMILES string of the molecule is CCN=c1cc2oc3cc(NCC)c(C)cc3c(-c3ccccc3C(=O)OCCCCCCCCC=Cc3cc(O)c(C)c(C)c3O)c-2cc1C. The van der Waals surface area contributed by atoms with Gasteiger partial charge in [0, 0.05) is 53.0 Å². The van der Waals surface area contributed by atoms with Crippen LogP contribution in [0.5, 0.6) is 11.5 Å². The number of esters is 1. The number of rotatable bonds is 15. The molecular formula is C44H52N2O5. The smallest absolute Gasteiger partial charge is 0.338 e. The molecule has 0 fully saturated rings. The van der Waals surface area contributed by atoms with Crippen molar-refractivity contribution >= 4 is 28.7 Å². The normalized spacial score (nSPS) is 12.0. The average molecular weight is 689 g/mol. The first-order valence-electron chi connectivity index (χ1n) is 18.4. The molecule has 0 spiro atoms. The largest absolute Gasteiger partial charge is 0.508 e. The molecule has 2 aliphatic rings. The lowest BCUT2D eigenvalue weighted by molar-refractivity contribution is 0.0498. The molecule has 1 heterocycles. The molecule has 3 aromatic carbocycles. The van der Waals surface area contributed by atoms with E-state index >= 15 is 0 Å². The van der Waals surface area contributed by atoms with Crippen LogP contribution in [0.15, 0.2) is 70.1 Å². The van der Waals surface area contributed by atoms with Crippen LogP contribution in [0.2, 0.25) is 0 Å². The lowest BCUT2D eigenvalue weighted by Gasteiger charge is -2.20. The van der Waals surface area contributed by atoms with Gasteiger partial charge in [-0.2, -0.15) is 0 Å². The van der Waals surface area contributed by atoms with Crippen LogP contribution in [-0.4, -0.2) is 35.9 Å². The van der Waals surface area contributed by atoms with Crippen LogP contribution < -0.4 is 10.7 Å². The van der Waals surface area contributed by atoms with Crippen LogP contribution >= 0.6 is 0 Å². The Labute approximate surface area is 302 Å². The summed E-state index contributed by atoms with van der Waals surface area (Å²) in [5.41, 5.74) is 9.23. The maximum absolute atomic E-state index is 13.6. The Morgan fingerprint density at radius 1 is 0.863 bits per heavy atom. The molecule has 268 valence electrons. The van der Waals surface area contributed by atoms with Crippen LogP contribution in [0, 0.1) is 27.7 Å². The number of hydrogen-bond acceptors (Lipinski definition) is 7. The fourth-order valence-corrected chi connectivity index (χ4v) is 6.64. The number of hydrogen-bond donors (Lipinski definition) is 3. The molecular weight excluding hydrogens is 636 g/mol. The molecule has 0 saturated heterocycles. The Morgan fingerprint density at radius 2 is 1.61 bits per heavy atom. The molecule has 0 atom stereocenters. The van der Waals surface area contributed by atoms with Crippen molar-refractivity contribution in [2.75, 3.05) is 25.0 Å². The summed E-state index contributed by atoms with van der Waals surface area (Å²) >= 11 is 0. The van der Waals surface area contributed by atoms with E-state index in [0.717, 1.165) is 107 Å². The second-order valence-corrected chi connectivity index (χ2v) is 13.4. The highest BCUT2D eigenvalue weighted by Crippen LogP contribution is 2.43. The molecule has 1 aliphatic heterocycles. The van der Waals surface area contributed by atoms with Gasteiger partial charge in [-0.3, -0.25) is 4.99 Å². The van der Waals surface area contributed by atoms with E-state index in [0.29, 0.717) is 35.4 Å². The van der Waals surface area contributed by atoms with Crippen LogP contribution in [-0.2, 0) is 4.74 Å². The Bertz CT molecular complexity index is 2070. The predicted molar refractivity (Wildman–Crippen MR) is 209 cm³/mol. The van der Waals surface area contributed by atoms with Crippen molar-refractivity contribution in [1.29, 1.82) is 0 Å². The Kier molecular flexibility index (Phi) is 12.6. The minimum Gasteiger partial charge on any atom is -0.508 e. The number of nitrogens with one attached hydrogen (secondary N) is 1. The van der Waals surface area contributed by atoms with Gasteiger partial charge in [0.15, 0.2) is 0 Å². The van der Waals surface area contributed by atoms with Gasteiger partial charge in [-0.1, -0.05) is 56.0 Å². The van der Waals surface area contributed by atoms with E-state index in [4.69, 9.17) is 9.15 Å². The van der Waals surface area contributed by atoms with Crippen LogP contribution in [0.4, 0.5) is 5.69 Å². The highest BCUT2D eigenvalue weighted by atomic mass is 16.5. The van der Waals surface area contributed by atoms with Crippen molar-refractivity contribution in [3.8, 4) is 33.9 Å². The number of phenolic OH excluding ortho intramolecular Hbond substituents is 2. The number of ether oxygens (including phenoxy) is 1. The maximum Gasteiger partial charge on any atom is 0.338 e. The van der Waals surface area contributed by atoms with E-state index in [1.807, 2.05) is 50.3 Å². The first-order valence-corrected chi connectivity index (χ1v) is 18.4. The van der Waals surface area contributed by atoms with E-state index in [1.165, 1.54) is 0 Å². The summed E-state index contributed by atoms with van der Waals surface area (Å²) in [5.74, 6) is 0.834. The minimum atomic E-state index is -0.321. The van der Waals surface area contributed by atoms with E-state index < -0.39 is 0 Å². The number of phenols is 2. The zero-order valence-corrected chi connectivity index (χ0v) is 31.0. The summed E-state index contributed by atoms with van der Waals surface area (Å²) in [6.07, 6.45) is 11.0. The summed E-state index contributed by atoms with van der Waals surface area (Å²) in [4.78, 5) is 18.3. The van der Waals surface area contributed by atoms with Crippen molar-refractivity contribution in [2.45, 2.75) is 86.5 Å². The quantitative estimate of drug-likeness (QED) is 0.0438. The minimum absolute atomic E-state index is 0.205. The van der Waals surface area contributed by atoms with Gasteiger partial charge in [0.25, 0.3) is 0 Å². The van der Waals surface area contributed by atoms with Crippen molar-refractivity contribution in [1.82, 2.24) is 0 Å². The molecule has 0 aromatic heterocycles. The topological polar surface area (TPSA) is 104 Å². The number of benzene rings is 4. The number of aromatic hydroxyl groups is 2. The molecule has 0 bridgehead atoms. The molecule has 1 aliphatic carbocycles. The van der Waals surface area contributed by atoms with Gasteiger partial charge in [0.05, 0.1) is 17.5 Å². The van der Waals surface area contributed by atoms with Crippen molar-refractivity contribution in [3.05, 3.63) is 99.4 Å². The number of aryl methyl sites for hydroxylation is 2. The number of allylic oxidation sites excluding steroid dienone is 1. The summed E-state index contributed by atoms with van der Waals surface area (Å²) in [6, 6.07) is 17.6. The van der Waals surface area contributed by atoms with Gasteiger partial charge < -0.3 is 24.7 Å². The standard InChI is InChI=1S/C44H52N2O5/c1-7-45-37-26-40-35(23-28(37)3)42(36-24-29(4)38(46-8-2)27-41(36)51-40)33-20-16-17-21-34(33)44(49)50-22-18-14-12-10-9-11-13-15-19-32-25-39(47)30(5)31(6)43(32)48/h15-17,19-21,23-27,45,47-48H,7-14,18,22H2,1-6H3. The first kappa shape index (κ1) is 37.2. The summed E-state index contributed by atoms with van der Waals surface area (Å²) < 4.78 is 12.4. The number of anilines is 1.